The van der Waals surface area contributed by atoms with Crippen LogP contribution < -0.4 is 10.6 Å². The zero-order valence-corrected chi connectivity index (χ0v) is 13.0. The van der Waals surface area contributed by atoms with Crippen LogP contribution in [-0.4, -0.2) is 12.5 Å². The molecule has 0 saturated heterocycles. The van der Waals surface area contributed by atoms with E-state index >= 15 is 0 Å². The summed E-state index contributed by atoms with van der Waals surface area (Å²) in [4.78, 5) is 13.0. The van der Waals surface area contributed by atoms with Crippen molar-refractivity contribution in [3.8, 4) is 0 Å². The van der Waals surface area contributed by atoms with Crippen LogP contribution in [0.5, 0.6) is 0 Å². The molecule has 2 rings (SSSR count). The third-order valence-electron chi connectivity index (χ3n) is 2.68. The largest absolute Gasteiger partial charge is 0.325 e. The minimum atomic E-state index is -0.0259. The van der Waals surface area contributed by atoms with Gasteiger partial charge in [-0.25, -0.2) is 0 Å². The van der Waals surface area contributed by atoms with Gasteiger partial charge in [0.05, 0.1) is 6.54 Å². The summed E-state index contributed by atoms with van der Waals surface area (Å²) < 4.78 is 1.09. The fourth-order valence-corrected chi connectivity index (χ4v) is 3.11. The number of rotatable bonds is 5. The zero-order chi connectivity index (χ0) is 13.7. The second-order valence-corrected chi connectivity index (χ2v) is 6.01. The van der Waals surface area contributed by atoms with Crippen molar-refractivity contribution >= 4 is 38.9 Å². The van der Waals surface area contributed by atoms with Gasteiger partial charge in [-0.05, 0) is 45.9 Å². The van der Waals surface area contributed by atoms with Gasteiger partial charge < -0.3 is 10.6 Å². The van der Waals surface area contributed by atoms with Crippen molar-refractivity contribution in [2.75, 3.05) is 11.9 Å². The Balaban J connectivity index is 1.79. The van der Waals surface area contributed by atoms with Gasteiger partial charge in [0.15, 0.2) is 0 Å². The Morgan fingerprint density at radius 3 is 2.79 bits per heavy atom. The van der Waals surface area contributed by atoms with Crippen LogP contribution in [0.1, 0.15) is 10.4 Å². The molecule has 2 N–H and O–H groups in total. The quantitative estimate of drug-likeness (QED) is 0.875. The first-order chi connectivity index (χ1) is 9.16. The summed E-state index contributed by atoms with van der Waals surface area (Å²) in [5.41, 5.74) is 1.93. The van der Waals surface area contributed by atoms with E-state index in [0.717, 1.165) is 15.7 Å². The summed E-state index contributed by atoms with van der Waals surface area (Å²) >= 11 is 5.13. The predicted octanol–water partition coefficient (Wildman–Crippen LogP) is 3.55. The van der Waals surface area contributed by atoms with Crippen molar-refractivity contribution in [1.29, 1.82) is 0 Å². The smallest absolute Gasteiger partial charge is 0.238 e. The summed E-state index contributed by atoms with van der Waals surface area (Å²) in [5, 5.41) is 8.05. The van der Waals surface area contributed by atoms with Gasteiger partial charge in [-0.3, -0.25) is 4.79 Å². The maximum Gasteiger partial charge on any atom is 0.238 e. The third kappa shape index (κ3) is 4.16. The van der Waals surface area contributed by atoms with Crippen LogP contribution in [-0.2, 0) is 11.3 Å². The van der Waals surface area contributed by atoms with Crippen molar-refractivity contribution in [2.45, 2.75) is 13.5 Å². The predicted molar refractivity (Wildman–Crippen MR) is 83.5 cm³/mol. The first-order valence-corrected chi connectivity index (χ1v) is 7.62. The van der Waals surface area contributed by atoms with Crippen LogP contribution in [0.3, 0.4) is 0 Å². The van der Waals surface area contributed by atoms with Gasteiger partial charge >= 0.3 is 0 Å². The van der Waals surface area contributed by atoms with E-state index in [-0.39, 0.29) is 5.91 Å². The summed E-state index contributed by atoms with van der Waals surface area (Å²) in [6.45, 7) is 2.98. The average molecular weight is 339 g/mol. The third-order valence-corrected chi connectivity index (χ3v) is 4.61. The molecule has 0 unspecified atom stereocenters. The molecule has 0 fully saturated rings. The van der Waals surface area contributed by atoms with E-state index in [1.165, 1.54) is 4.88 Å². The molecule has 0 aliphatic heterocycles. The average Bonchev–Trinajstić information content (AvgIpc) is 2.78. The molecule has 0 bridgehead atoms. The number of carbonyl (C=O) groups excluding carboxylic acids is 1. The normalized spacial score (nSPS) is 10.4. The molecule has 1 amide bonds. The molecule has 5 heteroatoms. The summed E-state index contributed by atoms with van der Waals surface area (Å²) in [5.74, 6) is -0.0259. The van der Waals surface area contributed by atoms with Gasteiger partial charge in [-0.15, -0.1) is 11.3 Å². The number of thiophene rings is 1. The summed E-state index contributed by atoms with van der Waals surface area (Å²) in [6.07, 6.45) is 0. The molecule has 0 spiro atoms. The molecule has 100 valence electrons. The molecule has 2 aromatic rings. The van der Waals surface area contributed by atoms with Gasteiger partial charge in [-0.2, -0.15) is 0 Å². The Morgan fingerprint density at radius 1 is 1.32 bits per heavy atom. The number of amides is 1. The number of carbonyl (C=O) groups is 1. The fourth-order valence-electron chi connectivity index (χ4n) is 1.65. The highest BCUT2D eigenvalue weighted by atomic mass is 79.9. The highest BCUT2D eigenvalue weighted by Gasteiger charge is 2.05. The van der Waals surface area contributed by atoms with Gasteiger partial charge in [0.2, 0.25) is 5.91 Å². The molecule has 0 saturated carbocycles. The lowest BCUT2D eigenvalue weighted by Crippen LogP contribution is -2.27. The molecule has 3 nitrogen and oxygen atoms in total. The lowest BCUT2D eigenvalue weighted by Gasteiger charge is -2.08. The first kappa shape index (κ1) is 14.2. The zero-order valence-electron chi connectivity index (χ0n) is 10.6. The van der Waals surface area contributed by atoms with Crippen molar-refractivity contribution in [1.82, 2.24) is 5.32 Å². The van der Waals surface area contributed by atoms with Crippen LogP contribution in [0.25, 0.3) is 0 Å². The minimum Gasteiger partial charge on any atom is -0.325 e. The lowest BCUT2D eigenvalue weighted by atomic mass is 10.2. The van der Waals surface area contributed by atoms with Crippen molar-refractivity contribution in [2.24, 2.45) is 0 Å². The highest BCUT2D eigenvalue weighted by molar-refractivity contribution is 9.10. The summed E-state index contributed by atoms with van der Waals surface area (Å²) in [7, 11) is 0. The molecule has 1 aromatic carbocycles. The van der Waals surface area contributed by atoms with Gasteiger partial charge in [0, 0.05) is 21.6 Å². The fraction of sp³-hybridized carbons (Fsp3) is 0.214. The number of para-hydroxylation sites is 1. The van der Waals surface area contributed by atoms with Crippen LogP contribution in [0.2, 0.25) is 0 Å². The molecule has 1 aromatic heterocycles. The van der Waals surface area contributed by atoms with E-state index in [9.17, 15) is 4.79 Å². The number of hydrogen-bond donors (Lipinski definition) is 2. The highest BCUT2D eigenvalue weighted by Crippen LogP contribution is 2.22. The standard InChI is InChI=1S/C14H15BrN2OS/c1-10-4-2-3-5-12(10)17-14(18)9-16-8-13-11(15)6-7-19-13/h2-7,16H,8-9H2,1H3,(H,17,18). The minimum absolute atomic E-state index is 0.0259. The van der Waals surface area contributed by atoms with E-state index < -0.39 is 0 Å². The molecule has 0 radical (unpaired) electrons. The Morgan fingerprint density at radius 2 is 2.11 bits per heavy atom. The van der Waals surface area contributed by atoms with Gasteiger partial charge in [0.25, 0.3) is 0 Å². The molecular weight excluding hydrogens is 324 g/mol. The van der Waals surface area contributed by atoms with Crippen LogP contribution >= 0.6 is 27.3 Å². The molecule has 1 heterocycles. The van der Waals surface area contributed by atoms with E-state index in [1.54, 1.807) is 11.3 Å². The van der Waals surface area contributed by atoms with E-state index in [2.05, 4.69) is 26.6 Å². The Labute approximate surface area is 125 Å². The Bertz CT molecular complexity index is 568. The lowest BCUT2D eigenvalue weighted by molar-refractivity contribution is -0.115. The summed E-state index contributed by atoms with van der Waals surface area (Å²) in [6, 6.07) is 9.76. The van der Waals surface area contributed by atoms with Crippen molar-refractivity contribution < 1.29 is 4.79 Å². The molecule has 0 atom stereocenters. The number of benzene rings is 1. The van der Waals surface area contributed by atoms with E-state index in [1.807, 2.05) is 42.6 Å². The second-order valence-electron chi connectivity index (χ2n) is 4.16. The molecular formula is C14H15BrN2OS. The number of anilines is 1. The first-order valence-electron chi connectivity index (χ1n) is 5.95. The van der Waals surface area contributed by atoms with Gasteiger partial charge in [0.1, 0.15) is 0 Å². The van der Waals surface area contributed by atoms with Crippen LogP contribution in [0.4, 0.5) is 5.69 Å². The second kappa shape index (κ2) is 6.84. The van der Waals surface area contributed by atoms with Crippen LogP contribution in [0, 0.1) is 6.92 Å². The molecule has 19 heavy (non-hydrogen) atoms. The molecule has 0 aliphatic rings. The van der Waals surface area contributed by atoms with Gasteiger partial charge in [-0.1, -0.05) is 18.2 Å². The SMILES string of the molecule is Cc1ccccc1NC(=O)CNCc1sccc1Br. The maximum absolute atomic E-state index is 11.8. The number of nitrogens with one attached hydrogen (secondary N) is 2. The monoisotopic (exact) mass is 338 g/mol. The Kier molecular flexibility index (Phi) is 5.13. The van der Waals surface area contributed by atoms with E-state index in [4.69, 9.17) is 0 Å². The topological polar surface area (TPSA) is 41.1 Å². The van der Waals surface area contributed by atoms with Crippen molar-refractivity contribution in [3.05, 3.63) is 50.6 Å². The van der Waals surface area contributed by atoms with Crippen molar-refractivity contribution in [3.63, 3.8) is 0 Å². The molecule has 0 aliphatic carbocycles. The number of halogens is 1. The van der Waals surface area contributed by atoms with Crippen LogP contribution in [0.15, 0.2) is 40.2 Å². The maximum atomic E-state index is 11.8. The number of aryl methyl sites for hydroxylation is 1. The number of hydrogen-bond acceptors (Lipinski definition) is 3. The Hall–Kier alpha value is -1.17. The van der Waals surface area contributed by atoms with E-state index in [0.29, 0.717) is 13.1 Å².